The Balaban J connectivity index is 2.18. The maximum absolute atomic E-state index is 8.88. The second-order valence-corrected chi connectivity index (χ2v) is 5.64. The molecule has 1 aromatic heterocycles. The molecule has 3 aromatic carbocycles. The van der Waals surface area contributed by atoms with Crippen molar-refractivity contribution in [2.24, 2.45) is 0 Å². The van der Waals surface area contributed by atoms with E-state index in [1.165, 1.54) is 20.9 Å². The fourth-order valence-electron chi connectivity index (χ4n) is 2.65. The molecule has 1 radical (unpaired) electrons. The van der Waals surface area contributed by atoms with E-state index >= 15 is 0 Å². The Morgan fingerprint density at radius 1 is 0.800 bits per heavy atom. The lowest BCUT2D eigenvalue weighted by Crippen LogP contribution is -1.99. The van der Waals surface area contributed by atoms with Gasteiger partial charge in [-0.05, 0) is 16.8 Å². The van der Waals surface area contributed by atoms with Crippen molar-refractivity contribution in [3.8, 4) is 5.75 Å². The van der Waals surface area contributed by atoms with Crippen molar-refractivity contribution in [3.05, 3.63) is 54.6 Å². The second-order valence-electron chi connectivity index (χ2n) is 4.62. The zero-order valence-electron chi connectivity index (χ0n) is 10.5. The summed E-state index contributed by atoms with van der Waals surface area (Å²) >= 11 is 1.70. The molecule has 4 aromatic rings. The van der Waals surface area contributed by atoms with Crippen LogP contribution in [0.2, 0.25) is 0 Å². The Hall–Kier alpha value is -2.04. The van der Waals surface area contributed by atoms with Crippen LogP contribution in [0, 0.1) is 0 Å². The lowest BCUT2D eigenvalue weighted by molar-refractivity contribution is 0.457. The number of rotatable bonds is 2. The van der Waals surface area contributed by atoms with Crippen molar-refractivity contribution < 1.29 is 9.68 Å². The summed E-state index contributed by atoms with van der Waals surface area (Å²) in [5.74, 6) is 0.690. The lowest BCUT2D eigenvalue weighted by atomic mass is 10.1. The van der Waals surface area contributed by atoms with Crippen molar-refractivity contribution >= 4 is 50.0 Å². The van der Waals surface area contributed by atoms with Crippen LogP contribution in [-0.2, 0) is 0 Å². The molecule has 0 bridgehead atoms. The summed E-state index contributed by atoms with van der Waals surface area (Å²) in [7, 11) is 0.733. The predicted octanol–water partition coefficient (Wildman–Crippen LogP) is 4.11. The van der Waals surface area contributed by atoms with Gasteiger partial charge >= 0.3 is 7.69 Å². The third-order valence-electron chi connectivity index (χ3n) is 3.53. The first kappa shape index (κ1) is 11.8. The highest BCUT2D eigenvalue weighted by Crippen LogP contribution is 2.42. The van der Waals surface area contributed by atoms with Gasteiger partial charge in [0.15, 0.2) is 0 Å². The van der Waals surface area contributed by atoms with E-state index in [4.69, 9.17) is 9.68 Å². The molecule has 95 valence electrons. The monoisotopic (exact) mass is 277 g/mol. The van der Waals surface area contributed by atoms with Gasteiger partial charge in [0.2, 0.25) is 0 Å². The molecule has 1 heterocycles. The molecule has 0 unspecified atom stereocenters. The minimum atomic E-state index is 0.690. The quantitative estimate of drug-likeness (QED) is 0.559. The smallest absolute Gasteiger partial charge is 0.536 e. The molecule has 4 heteroatoms. The second kappa shape index (κ2) is 4.51. The Morgan fingerprint density at radius 3 is 2.50 bits per heavy atom. The van der Waals surface area contributed by atoms with Gasteiger partial charge in [0, 0.05) is 15.5 Å². The van der Waals surface area contributed by atoms with Crippen LogP contribution < -0.4 is 4.65 Å². The first-order valence-electron chi connectivity index (χ1n) is 6.34. The van der Waals surface area contributed by atoms with Crippen molar-refractivity contribution in [1.29, 1.82) is 0 Å². The molecule has 1 N–H and O–H groups in total. The number of thiophene rings is 1. The molecular weight excluding hydrogens is 267 g/mol. The van der Waals surface area contributed by atoms with E-state index < -0.39 is 0 Å². The van der Waals surface area contributed by atoms with Crippen LogP contribution in [-0.4, -0.2) is 12.7 Å². The zero-order valence-corrected chi connectivity index (χ0v) is 11.4. The van der Waals surface area contributed by atoms with E-state index in [1.54, 1.807) is 11.3 Å². The third kappa shape index (κ3) is 1.62. The van der Waals surface area contributed by atoms with Crippen molar-refractivity contribution in [3.63, 3.8) is 0 Å². The normalized spacial score (nSPS) is 11.2. The topological polar surface area (TPSA) is 29.5 Å². The zero-order chi connectivity index (χ0) is 13.5. The highest BCUT2D eigenvalue weighted by Gasteiger charge is 2.11. The highest BCUT2D eigenvalue weighted by atomic mass is 32.1. The number of fused-ring (bicyclic) bond motifs is 5. The Bertz CT molecular complexity index is 930. The van der Waals surface area contributed by atoms with Crippen LogP contribution in [0.15, 0.2) is 54.6 Å². The van der Waals surface area contributed by atoms with E-state index in [1.807, 2.05) is 12.1 Å². The number of hydrogen-bond donors (Lipinski definition) is 1. The molecule has 0 amide bonds. The van der Waals surface area contributed by atoms with Crippen LogP contribution >= 0.6 is 11.3 Å². The molecule has 0 fully saturated rings. The first-order chi connectivity index (χ1) is 9.88. The Morgan fingerprint density at radius 2 is 1.60 bits per heavy atom. The van der Waals surface area contributed by atoms with Gasteiger partial charge in [-0.15, -0.1) is 11.3 Å². The van der Waals surface area contributed by atoms with E-state index in [0.717, 1.165) is 17.8 Å². The van der Waals surface area contributed by atoms with Crippen molar-refractivity contribution in [2.45, 2.75) is 0 Å². The van der Waals surface area contributed by atoms with E-state index in [2.05, 4.69) is 42.5 Å². The van der Waals surface area contributed by atoms with Crippen LogP contribution in [0.1, 0.15) is 0 Å². The Kier molecular flexibility index (Phi) is 2.65. The van der Waals surface area contributed by atoms with Gasteiger partial charge in [-0.25, -0.2) is 0 Å². The molecule has 0 spiro atoms. The molecule has 0 aliphatic rings. The van der Waals surface area contributed by atoms with Gasteiger partial charge in [0.25, 0.3) is 0 Å². The molecule has 2 nitrogen and oxygen atoms in total. The summed E-state index contributed by atoms with van der Waals surface area (Å²) in [6.07, 6.45) is 0. The fraction of sp³-hybridized carbons (Fsp3) is 0. The molecule has 0 atom stereocenters. The minimum Gasteiger partial charge on any atom is -0.536 e. The van der Waals surface area contributed by atoms with Gasteiger partial charge in [-0.2, -0.15) is 0 Å². The summed E-state index contributed by atoms with van der Waals surface area (Å²) in [6, 6.07) is 18.6. The first-order valence-corrected chi connectivity index (χ1v) is 7.15. The van der Waals surface area contributed by atoms with Gasteiger partial charge in [0.1, 0.15) is 5.75 Å². The van der Waals surface area contributed by atoms with Gasteiger partial charge in [0.05, 0.1) is 4.70 Å². The van der Waals surface area contributed by atoms with E-state index in [-0.39, 0.29) is 0 Å². The Labute approximate surface area is 120 Å². The molecule has 0 aliphatic carbocycles. The van der Waals surface area contributed by atoms with Crippen molar-refractivity contribution in [2.75, 3.05) is 0 Å². The maximum atomic E-state index is 8.88. The third-order valence-corrected chi connectivity index (χ3v) is 4.80. The summed E-state index contributed by atoms with van der Waals surface area (Å²) in [5.41, 5.74) is 0. The molecule has 4 rings (SSSR count). The van der Waals surface area contributed by atoms with Crippen LogP contribution in [0.3, 0.4) is 0 Å². The van der Waals surface area contributed by atoms with Gasteiger partial charge in [-0.1, -0.05) is 48.5 Å². The van der Waals surface area contributed by atoms with E-state index in [0.29, 0.717) is 5.75 Å². The fourth-order valence-corrected chi connectivity index (χ4v) is 3.94. The van der Waals surface area contributed by atoms with Gasteiger partial charge < -0.3 is 9.68 Å². The largest absolute Gasteiger partial charge is 0.569 e. The average Bonchev–Trinajstić information content (AvgIpc) is 2.88. The molecular formula is C16H10BO2S. The number of benzene rings is 3. The molecule has 0 saturated carbocycles. The summed E-state index contributed by atoms with van der Waals surface area (Å²) in [5, 5.41) is 13.8. The van der Waals surface area contributed by atoms with Crippen LogP contribution in [0.4, 0.5) is 0 Å². The minimum absolute atomic E-state index is 0.690. The van der Waals surface area contributed by atoms with Crippen molar-refractivity contribution in [1.82, 2.24) is 0 Å². The van der Waals surface area contributed by atoms with E-state index in [9.17, 15) is 0 Å². The molecule has 20 heavy (non-hydrogen) atoms. The maximum Gasteiger partial charge on any atom is 0.569 e. The number of hydrogen-bond acceptors (Lipinski definition) is 3. The van der Waals surface area contributed by atoms with Crippen LogP contribution in [0.25, 0.3) is 30.9 Å². The lowest BCUT2D eigenvalue weighted by Gasteiger charge is -2.01. The molecule has 0 aliphatic heterocycles. The summed E-state index contributed by atoms with van der Waals surface area (Å²) in [4.78, 5) is 0. The van der Waals surface area contributed by atoms with Crippen LogP contribution in [0.5, 0.6) is 5.75 Å². The average molecular weight is 277 g/mol. The standard InChI is InChI=1S/C16H10BO2S/c18-17-19-14-7-3-6-12-13-9-8-10-4-1-2-5-11(10)15(13)20-16(12)14/h1-9,18H. The predicted molar refractivity (Wildman–Crippen MR) is 85.4 cm³/mol. The SMILES string of the molecule is O[B]Oc1cccc2c1sc1c3ccccc3ccc21. The van der Waals surface area contributed by atoms with Gasteiger partial charge in [-0.3, -0.25) is 0 Å². The molecule has 0 saturated heterocycles. The summed E-state index contributed by atoms with van der Waals surface area (Å²) < 4.78 is 7.52. The highest BCUT2D eigenvalue weighted by molar-refractivity contribution is 7.27. The summed E-state index contributed by atoms with van der Waals surface area (Å²) in [6.45, 7) is 0.